The van der Waals surface area contributed by atoms with Gasteiger partial charge in [-0.15, -0.1) is 0 Å². The molecule has 1 saturated heterocycles. The Morgan fingerprint density at radius 1 is 1.10 bits per heavy atom. The van der Waals surface area contributed by atoms with Crippen LogP contribution in [0, 0.1) is 24.6 Å². The number of aromatic nitrogens is 2. The van der Waals surface area contributed by atoms with E-state index in [4.69, 9.17) is 0 Å². The fourth-order valence-electron chi connectivity index (χ4n) is 5.60. The third-order valence-electron chi connectivity index (χ3n) is 7.79. The summed E-state index contributed by atoms with van der Waals surface area (Å²) < 4.78 is 14.9. The molecule has 2 aromatic heterocycles. The first-order valence-corrected chi connectivity index (χ1v) is 13.7. The van der Waals surface area contributed by atoms with Gasteiger partial charge in [-0.05, 0) is 77.3 Å². The van der Waals surface area contributed by atoms with Crippen molar-refractivity contribution in [3.63, 3.8) is 0 Å². The van der Waals surface area contributed by atoms with Crippen LogP contribution in [-0.2, 0) is 0 Å². The summed E-state index contributed by atoms with van der Waals surface area (Å²) in [4.78, 5) is 22.7. The number of fused-ring (bicyclic) bond motifs is 1. The highest BCUT2D eigenvalue weighted by molar-refractivity contribution is 5.99. The van der Waals surface area contributed by atoms with Gasteiger partial charge in [-0.3, -0.25) is 0 Å². The van der Waals surface area contributed by atoms with Crippen molar-refractivity contribution in [1.82, 2.24) is 14.9 Å². The molecule has 2 amide bonds. The Bertz CT molecular complexity index is 1490. The van der Waals surface area contributed by atoms with Crippen LogP contribution in [-0.4, -0.2) is 45.2 Å². The number of pyridine rings is 1. The number of likely N-dealkylation sites (tertiary alicyclic amines) is 1. The van der Waals surface area contributed by atoms with Crippen molar-refractivity contribution >= 4 is 22.8 Å². The molecule has 0 unspecified atom stereocenters. The number of H-pyrrole nitrogens is 1. The van der Waals surface area contributed by atoms with Crippen molar-refractivity contribution in [3.05, 3.63) is 71.7 Å². The van der Waals surface area contributed by atoms with Crippen molar-refractivity contribution < 1.29 is 14.3 Å². The molecule has 6 nitrogen and oxygen atoms in total. The fourth-order valence-corrected chi connectivity index (χ4v) is 5.60. The number of benzene rings is 2. The lowest BCUT2D eigenvalue weighted by molar-refractivity contribution is 0.132. The van der Waals surface area contributed by atoms with E-state index in [1.54, 1.807) is 11.1 Å². The predicted molar refractivity (Wildman–Crippen MR) is 155 cm³/mol. The van der Waals surface area contributed by atoms with Crippen molar-refractivity contribution in [2.24, 2.45) is 11.8 Å². The molecule has 39 heavy (non-hydrogen) atoms. The summed E-state index contributed by atoms with van der Waals surface area (Å²) in [6.45, 7) is 11.2. The second-order valence-corrected chi connectivity index (χ2v) is 11.5. The van der Waals surface area contributed by atoms with Crippen LogP contribution in [0.25, 0.3) is 33.4 Å². The largest absolute Gasteiger partial charge is 0.391 e. The Kier molecular flexibility index (Phi) is 7.45. The minimum atomic E-state index is -0.545. The molecular weight excluding hydrogens is 491 g/mol. The molecule has 5 rings (SSSR count). The summed E-state index contributed by atoms with van der Waals surface area (Å²) in [5.41, 5.74) is 6.69. The third-order valence-corrected chi connectivity index (χ3v) is 7.79. The number of amides is 2. The molecule has 0 radical (unpaired) electrons. The van der Waals surface area contributed by atoms with Crippen LogP contribution in [0.2, 0.25) is 0 Å². The third kappa shape index (κ3) is 5.55. The quantitative estimate of drug-likeness (QED) is 0.245. The molecule has 204 valence electrons. The highest BCUT2D eigenvalue weighted by Gasteiger charge is 2.34. The molecule has 2 atom stereocenters. The average Bonchev–Trinajstić information content (AvgIpc) is 3.49. The summed E-state index contributed by atoms with van der Waals surface area (Å²) in [6.07, 6.45) is 2.02. The van der Waals surface area contributed by atoms with Gasteiger partial charge in [-0.1, -0.05) is 52.0 Å². The lowest BCUT2D eigenvalue weighted by Crippen LogP contribution is -2.34. The SMILES string of the molecule is Cc1c(NC(=O)N2C[C@@H](CC(C)C)[C@H](O)C2)cc(F)cc1-c1ccnc2[nH]c(-c3ccc(C(C)C)cc3)cc12. The van der Waals surface area contributed by atoms with Crippen LogP contribution in [0.3, 0.4) is 0 Å². The van der Waals surface area contributed by atoms with Crippen molar-refractivity contribution in [2.45, 2.75) is 53.1 Å². The molecule has 0 saturated carbocycles. The number of halogens is 1. The number of urea groups is 1. The molecule has 0 spiro atoms. The van der Waals surface area contributed by atoms with E-state index < -0.39 is 11.9 Å². The Morgan fingerprint density at radius 2 is 1.85 bits per heavy atom. The first-order valence-electron chi connectivity index (χ1n) is 13.7. The first-order chi connectivity index (χ1) is 18.6. The van der Waals surface area contributed by atoms with E-state index in [0.29, 0.717) is 35.3 Å². The maximum atomic E-state index is 14.9. The lowest BCUT2D eigenvalue weighted by atomic mass is 9.95. The van der Waals surface area contributed by atoms with E-state index in [1.807, 2.05) is 19.1 Å². The van der Waals surface area contributed by atoms with E-state index in [-0.39, 0.29) is 18.5 Å². The summed E-state index contributed by atoms with van der Waals surface area (Å²) >= 11 is 0. The molecule has 1 fully saturated rings. The molecule has 4 aromatic rings. The lowest BCUT2D eigenvalue weighted by Gasteiger charge is -2.20. The Morgan fingerprint density at radius 3 is 2.54 bits per heavy atom. The van der Waals surface area contributed by atoms with Gasteiger partial charge in [-0.25, -0.2) is 14.2 Å². The van der Waals surface area contributed by atoms with Crippen LogP contribution in [0.5, 0.6) is 0 Å². The topological polar surface area (TPSA) is 81.2 Å². The van der Waals surface area contributed by atoms with Gasteiger partial charge in [0, 0.05) is 42.0 Å². The van der Waals surface area contributed by atoms with Crippen LogP contribution < -0.4 is 5.32 Å². The van der Waals surface area contributed by atoms with E-state index in [2.05, 4.69) is 67.2 Å². The highest BCUT2D eigenvalue weighted by Crippen LogP contribution is 2.36. The van der Waals surface area contributed by atoms with Gasteiger partial charge < -0.3 is 20.3 Å². The first kappa shape index (κ1) is 26.9. The zero-order chi connectivity index (χ0) is 27.8. The molecule has 7 heteroatoms. The number of nitrogens with zero attached hydrogens (tertiary/aromatic N) is 2. The monoisotopic (exact) mass is 528 g/mol. The standard InChI is InChI=1S/C32H37FN4O2/c1-18(2)12-23-16-37(17-30(23)38)32(39)36-28-14-24(33)13-26(20(28)5)25-10-11-34-31-27(25)15-29(35-31)22-8-6-21(7-9-22)19(3)4/h6-11,13-15,18-19,23,30,38H,12,16-17H2,1-5H3,(H,34,35)(H,36,39)/t23-,30-/m1/s1. The molecular formula is C32H37FN4O2. The number of carbonyl (C=O) groups is 1. The van der Waals surface area contributed by atoms with Crippen molar-refractivity contribution in [3.8, 4) is 22.4 Å². The summed E-state index contributed by atoms with van der Waals surface area (Å²) in [7, 11) is 0. The molecule has 0 aliphatic carbocycles. The van der Waals surface area contributed by atoms with Crippen LogP contribution in [0.15, 0.2) is 54.7 Å². The summed E-state index contributed by atoms with van der Waals surface area (Å²) in [6, 6.07) is 14.9. The maximum absolute atomic E-state index is 14.9. The Hall–Kier alpha value is -3.71. The fraction of sp³-hybridized carbons (Fsp3) is 0.375. The summed E-state index contributed by atoms with van der Waals surface area (Å²) in [5.74, 6) is 0.508. The highest BCUT2D eigenvalue weighted by atomic mass is 19.1. The molecule has 0 bridgehead atoms. The number of carbonyl (C=O) groups excluding carboxylic acids is 1. The van der Waals surface area contributed by atoms with Gasteiger partial charge in [-0.2, -0.15) is 0 Å². The second-order valence-electron chi connectivity index (χ2n) is 11.5. The van der Waals surface area contributed by atoms with Crippen molar-refractivity contribution in [1.29, 1.82) is 0 Å². The maximum Gasteiger partial charge on any atom is 0.321 e. The van der Waals surface area contributed by atoms with E-state index in [1.165, 1.54) is 17.7 Å². The van der Waals surface area contributed by atoms with Gasteiger partial charge in [0.2, 0.25) is 0 Å². The zero-order valence-corrected chi connectivity index (χ0v) is 23.3. The normalized spacial score (nSPS) is 17.5. The number of aromatic amines is 1. The van der Waals surface area contributed by atoms with Gasteiger partial charge in [0.05, 0.1) is 6.10 Å². The van der Waals surface area contributed by atoms with E-state index in [0.717, 1.165) is 34.2 Å². The number of anilines is 1. The number of hydrogen-bond acceptors (Lipinski definition) is 3. The molecule has 1 aliphatic rings. The number of aliphatic hydroxyl groups excluding tert-OH is 1. The minimum absolute atomic E-state index is 0.0504. The molecule has 3 heterocycles. The van der Waals surface area contributed by atoms with Gasteiger partial charge >= 0.3 is 6.03 Å². The van der Waals surface area contributed by atoms with Crippen LogP contribution in [0.1, 0.15) is 51.2 Å². The minimum Gasteiger partial charge on any atom is -0.391 e. The number of β-amino-alcohol motifs (C(OH)–C–C–N with tert-alkyl or cyclic N) is 1. The average molecular weight is 529 g/mol. The molecule has 3 N–H and O–H groups in total. The zero-order valence-electron chi connectivity index (χ0n) is 23.3. The number of rotatable bonds is 6. The van der Waals surface area contributed by atoms with Crippen LogP contribution >= 0.6 is 0 Å². The van der Waals surface area contributed by atoms with Gasteiger partial charge in [0.15, 0.2) is 0 Å². The number of hydrogen-bond donors (Lipinski definition) is 3. The Labute approximate surface area is 229 Å². The number of aliphatic hydroxyl groups is 1. The summed E-state index contributed by atoms with van der Waals surface area (Å²) in [5, 5.41) is 14.2. The van der Waals surface area contributed by atoms with Gasteiger partial charge in [0.25, 0.3) is 0 Å². The van der Waals surface area contributed by atoms with Crippen LogP contribution in [0.4, 0.5) is 14.9 Å². The van der Waals surface area contributed by atoms with E-state index in [9.17, 15) is 14.3 Å². The van der Waals surface area contributed by atoms with E-state index >= 15 is 0 Å². The second kappa shape index (κ2) is 10.8. The molecule has 1 aliphatic heterocycles. The Balaban J connectivity index is 1.45. The smallest absolute Gasteiger partial charge is 0.321 e. The number of nitrogens with one attached hydrogen (secondary N) is 2. The van der Waals surface area contributed by atoms with Crippen molar-refractivity contribution in [2.75, 3.05) is 18.4 Å². The predicted octanol–water partition coefficient (Wildman–Crippen LogP) is 7.34. The molecule has 2 aromatic carbocycles. The van der Waals surface area contributed by atoms with Gasteiger partial charge in [0.1, 0.15) is 11.5 Å².